The molecule has 0 saturated heterocycles. The van der Waals surface area contributed by atoms with Crippen molar-refractivity contribution < 1.29 is 0 Å². The van der Waals surface area contributed by atoms with Gasteiger partial charge in [-0.2, -0.15) is 0 Å². The van der Waals surface area contributed by atoms with E-state index in [2.05, 4.69) is 41.9 Å². The lowest BCUT2D eigenvalue weighted by Gasteiger charge is -2.22. The molecule has 0 saturated carbocycles. The lowest BCUT2D eigenvalue weighted by Crippen LogP contribution is -2.37. The molecular weight excluding hydrogens is 202 g/mol. The standard InChI is InChI=1S/C13H19NS/c1-11(10-13-8-5-9-15-13)14-12-6-3-2-4-7-12/h3,5-6,8-9,11-12,14H,2,4,7,10H2,1H3. The van der Waals surface area contributed by atoms with E-state index >= 15 is 0 Å². The second-order valence-corrected chi connectivity index (χ2v) is 5.35. The molecule has 1 aliphatic rings. The van der Waals surface area contributed by atoms with Gasteiger partial charge in [0.2, 0.25) is 0 Å². The predicted octanol–water partition coefficient (Wildman–Crippen LogP) is 3.38. The topological polar surface area (TPSA) is 12.0 Å². The van der Waals surface area contributed by atoms with Crippen molar-refractivity contribution in [3.05, 3.63) is 34.5 Å². The van der Waals surface area contributed by atoms with Crippen LogP contribution in [0.15, 0.2) is 29.7 Å². The van der Waals surface area contributed by atoms with Crippen molar-refractivity contribution in [1.29, 1.82) is 0 Å². The Morgan fingerprint density at radius 3 is 3.20 bits per heavy atom. The van der Waals surface area contributed by atoms with Gasteiger partial charge in [-0.05, 0) is 44.1 Å². The minimum atomic E-state index is 0.580. The van der Waals surface area contributed by atoms with Gasteiger partial charge in [0.25, 0.3) is 0 Å². The van der Waals surface area contributed by atoms with E-state index in [0.29, 0.717) is 12.1 Å². The lowest BCUT2D eigenvalue weighted by molar-refractivity contribution is 0.456. The highest BCUT2D eigenvalue weighted by atomic mass is 32.1. The molecule has 0 radical (unpaired) electrons. The minimum Gasteiger partial charge on any atom is -0.308 e. The van der Waals surface area contributed by atoms with Crippen LogP contribution in [0.4, 0.5) is 0 Å². The predicted molar refractivity (Wildman–Crippen MR) is 67.4 cm³/mol. The summed E-state index contributed by atoms with van der Waals surface area (Å²) in [6, 6.07) is 5.54. The highest BCUT2D eigenvalue weighted by molar-refractivity contribution is 7.09. The zero-order valence-corrected chi connectivity index (χ0v) is 10.1. The molecule has 2 heteroatoms. The van der Waals surface area contributed by atoms with Gasteiger partial charge in [0.15, 0.2) is 0 Å². The summed E-state index contributed by atoms with van der Waals surface area (Å²) in [6.07, 6.45) is 9.68. The fourth-order valence-corrected chi connectivity index (χ4v) is 2.94. The van der Waals surface area contributed by atoms with Crippen LogP contribution in [0.25, 0.3) is 0 Å². The van der Waals surface area contributed by atoms with E-state index in [1.54, 1.807) is 0 Å². The first kappa shape index (κ1) is 10.9. The van der Waals surface area contributed by atoms with E-state index in [-0.39, 0.29) is 0 Å². The van der Waals surface area contributed by atoms with E-state index in [1.807, 2.05) is 11.3 Å². The summed E-state index contributed by atoms with van der Waals surface area (Å²) < 4.78 is 0. The largest absolute Gasteiger partial charge is 0.308 e. The smallest absolute Gasteiger partial charge is 0.0252 e. The molecule has 82 valence electrons. The summed E-state index contributed by atoms with van der Waals surface area (Å²) in [5.41, 5.74) is 0. The second kappa shape index (κ2) is 5.47. The maximum absolute atomic E-state index is 3.68. The normalized spacial score (nSPS) is 22.9. The van der Waals surface area contributed by atoms with Gasteiger partial charge in [0.05, 0.1) is 0 Å². The van der Waals surface area contributed by atoms with Gasteiger partial charge < -0.3 is 5.32 Å². The molecule has 0 aliphatic heterocycles. The van der Waals surface area contributed by atoms with Crippen LogP contribution in [-0.2, 0) is 6.42 Å². The zero-order chi connectivity index (χ0) is 10.5. The molecule has 1 aromatic heterocycles. The van der Waals surface area contributed by atoms with Gasteiger partial charge in [-0.25, -0.2) is 0 Å². The Bertz CT molecular complexity index is 302. The van der Waals surface area contributed by atoms with Crippen LogP contribution in [-0.4, -0.2) is 12.1 Å². The number of nitrogens with one attached hydrogen (secondary N) is 1. The van der Waals surface area contributed by atoms with Crippen molar-refractivity contribution >= 4 is 11.3 Å². The Kier molecular flexibility index (Phi) is 3.98. The first-order chi connectivity index (χ1) is 7.34. The summed E-state index contributed by atoms with van der Waals surface area (Å²) >= 11 is 1.86. The molecule has 0 fully saturated rings. The second-order valence-electron chi connectivity index (χ2n) is 4.32. The van der Waals surface area contributed by atoms with Crippen LogP contribution in [0.2, 0.25) is 0 Å². The number of rotatable bonds is 4. The van der Waals surface area contributed by atoms with E-state index < -0.39 is 0 Å². The molecule has 2 rings (SSSR count). The molecule has 1 nitrogen and oxygen atoms in total. The Morgan fingerprint density at radius 2 is 2.53 bits per heavy atom. The fraction of sp³-hybridized carbons (Fsp3) is 0.538. The van der Waals surface area contributed by atoms with Crippen LogP contribution in [0, 0.1) is 0 Å². The molecule has 15 heavy (non-hydrogen) atoms. The van der Waals surface area contributed by atoms with E-state index in [9.17, 15) is 0 Å². The maximum atomic E-state index is 3.68. The third-order valence-electron chi connectivity index (χ3n) is 2.84. The van der Waals surface area contributed by atoms with Gasteiger partial charge in [0.1, 0.15) is 0 Å². The van der Waals surface area contributed by atoms with Crippen LogP contribution < -0.4 is 5.32 Å². The third-order valence-corrected chi connectivity index (χ3v) is 3.74. The number of hydrogen-bond acceptors (Lipinski definition) is 2. The van der Waals surface area contributed by atoms with Crippen molar-refractivity contribution in [3.63, 3.8) is 0 Å². The first-order valence-electron chi connectivity index (χ1n) is 5.79. The Labute approximate surface area is 96.2 Å². The van der Waals surface area contributed by atoms with Crippen molar-refractivity contribution in [2.75, 3.05) is 0 Å². The van der Waals surface area contributed by atoms with Gasteiger partial charge in [0, 0.05) is 17.0 Å². The molecule has 1 aliphatic carbocycles. The van der Waals surface area contributed by atoms with Gasteiger partial charge >= 0.3 is 0 Å². The van der Waals surface area contributed by atoms with E-state index in [1.165, 1.54) is 24.1 Å². The molecule has 0 amide bonds. The van der Waals surface area contributed by atoms with Gasteiger partial charge in [-0.15, -0.1) is 11.3 Å². The van der Waals surface area contributed by atoms with E-state index in [4.69, 9.17) is 0 Å². The maximum Gasteiger partial charge on any atom is 0.0252 e. The lowest BCUT2D eigenvalue weighted by atomic mass is 10.0. The summed E-state index contributed by atoms with van der Waals surface area (Å²) in [7, 11) is 0. The zero-order valence-electron chi connectivity index (χ0n) is 9.28. The summed E-state index contributed by atoms with van der Waals surface area (Å²) in [5.74, 6) is 0. The Balaban J connectivity index is 1.79. The van der Waals surface area contributed by atoms with Crippen molar-refractivity contribution in [2.45, 2.75) is 44.7 Å². The molecular formula is C13H19NS. The highest BCUT2D eigenvalue weighted by Gasteiger charge is 2.11. The SMILES string of the molecule is CC(Cc1cccs1)NC1C=CCCC1. The molecule has 2 atom stereocenters. The quantitative estimate of drug-likeness (QED) is 0.769. The third kappa shape index (κ3) is 3.47. The Hall–Kier alpha value is -0.600. The summed E-state index contributed by atoms with van der Waals surface area (Å²) in [5, 5.41) is 5.83. The number of allylic oxidation sites excluding steroid dienone is 1. The van der Waals surface area contributed by atoms with E-state index in [0.717, 1.165) is 6.42 Å². The number of thiophene rings is 1. The minimum absolute atomic E-state index is 0.580. The average Bonchev–Trinajstić information content (AvgIpc) is 2.71. The molecule has 0 aromatic carbocycles. The van der Waals surface area contributed by atoms with Crippen LogP contribution >= 0.6 is 11.3 Å². The monoisotopic (exact) mass is 221 g/mol. The van der Waals surface area contributed by atoms with Crippen molar-refractivity contribution in [2.24, 2.45) is 0 Å². The molecule has 0 spiro atoms. The van der Waals surface area contributed by atoms with Crippen LogP contribution in [0.1, 0.15) is 31.1 Å². The average molecular weight is 221 g/mol. The first-order valence-corrected chi connectivity index (χ1v) is 6.67. The summed E-state index contributed by atoms with van der Waals surface area (Å²) in [4.78, 5) is 1.48. The Morgan fingerprint density at radius 1 is 1.60 bits per heavy atom. The van der Waals surface area contributed by atoms with Crippen molar-refractivity contribution in [3.8, 4) is 0 Å². The van der Waals surface area contributed by atoms with Crippen LogP contribution in [0.5, 0.6) is 0 Å². The molecule has 2 unspecified atom stereocenters. The van der Waals surface area contributed by atoms with Crippen LogP contribution in [0.3, 0.4) is 0 Å². The highest BCUT2D eigenvalue weighted by Crippen LogP contribution is 2.14. The fourth-order valence-electron chi connectivity index (χ4n) is 2.11. The molecule has 0 bridgehead atoms. The van der Waals surface area contributed by atoms with Gasteiger partial charge in [-0.1, -0.05) is 18.2 Å². The summed E-state index contributed by atoms with van der Waals surface area (Å²) in [6.45, 7) is 2.28. The molecule has 1 N–H and O–H groups in total. The van der Waals surface area contributed by atoms with Gasteiger partial charge in [-0.3, -0.25) is 0 Å². The number of hydrogen-bond donors (Lipinski definition) is 1. The van der Waals surface area contributed by atoms with Crippen molar-refractivity contribution in [1.82, 2.24) is 5.32 Å². The molecule has 1 heterocycles. The molecule has 1 aromatic rings.